The molecule has 0 saturated heterocycles. The van der Waals surface area contributed by atoms with Crippen LogP contribution in [0, 0.1) is 0 Å². The van der Waals surface area contributed by atoms with Crippen molar-refractivity contribution < 1.29 is 0 Å². The SMILES string of the molecule is CC1(C)c2ccccc2-c2c(-c3nnc(-c4cccc5c(-n6c7cc8ccccc8cc7c7c(-c8cccc9c%10ccccc%10c%10ccccc%10c89)cccc76)cccc45)c4ccccc34)cccc21.c1ccc(-c2cccc3c2c2cc4ccccc4cc2n3-c2cc(-c3nc(-c4ccc5c(c4)c4c6ccccc6ccc4n5-c4ccccc4)c4ccccc4n3)cc3ccccc23)cc1. The minimum Gasteiger partial charge on any atom is -0.309 e. The molecule has 0 radical (unpaired) electrons. The predicted molar refractivity (Wildman–Crippen MR) is 572 cm³/mol. The van der Waals surface area contributed by atoms with Crippen molar-refractivity contribution >= 4 is 173 Å². The molecule has 5 aromatic heterocycles. The molecule has 0 amide bonds. The third-order valence-corrected chi connectivity index (χ3v) is 29.3. The lowest BCUT2D eigenvalue weighted by molar-refractivity contribution is 0.660. The lowest BCUT2D eigenvalue weighted by atomic mass is 9.82. The lowest BCUT2D eigenvalue weighted by Crippen LogP contribution is -2.14. The molecule has 7 nitrogen and oxygen atoms in total. The molecule has 0 N–H and O–H groups in total. The molecule has 0 spiro atoms. The molecule has 28 aromatic rings. The van der Waals surface area contributed by atoms with Crippen LogP contribution in [-0.2, 0) is 5.41 Å². The summed E-state index contributed by atoms with van der Waals surface area (Å²) in [5, 5.41) is 40.4. The zero-order chi connectivity index (χ0) is 89.5. The smallest absolute Gasteiger partial charge is 0.160 e. The van der Waals surface area contributed by atoms with Crippen molar-refractivity contribution in [3.05, 3.63) is 466 Å². The van der Waals surface area contributed by atoms with Gasteiger partial charge in [-0.25, -0.2) is 9.97 Å². The highest BCUT2D eigenvalue weighted by Crippen LogP contribution is 2.55. The van der Waals surface area contributed by atoms with E-state index in [2.05, 4.69) is 483 Å². The van der Waals surface area contributed by atoms with Gasteiger partial charge in [-0.2, -0.15) is 0 Å². The molecular formula is C129H81N7. The largest absolute Gasteiger partial charge is 0.309 e. The van der Waals surface area contributed by atoms with Gasteiger partial charge in [0.05, 0.1) is 55.7 Å². The molecule has 0 atom stereocenters. The van der Waals surface area contributed by atoms with E-state index >= 15 is 0 Å². The van der Waals surface area contributed by atoms with Gasteiger partial charge in [-0.1, -0.05) is 378 Å². The van der Waals surface area contributed by atoms with Crippen molar-refractivity contribution in [1.82, 2.24) is 33.9 Å². The van der Waals surface area contributed by atoms with Crippen molar-refractivity contribution in [2.45, 2.75) is 19.3 Å². The number of nitrogens with zero attached hydrogens (tertiary/aromatic N) is 7. The second-order valence-corrected chi connectivity index (χ2v) is 36.9. The van der Waals surface area contributed by atoms with E-state index in [4.69, 9.17) is 20.2 Å². The van der Waals surface area contributed by atoms with E-state index < -0.39 is 0 Å². The van der Waals surface area contributed by atoms with Crippen molar-refractivity contribution in [3.8, 4) is 95.6 Å². The van der Waals surface area contributed by atoms with Crippen LogP contribution < -0.4 is 0 Å². The number of hydrogen-bond donors (Lipinski definition) is 0. The summed E-state index contributed by atoms with van der Waals surface area (Å²) in [6, 6.07) is 166. The fourth-order valence-corrected chi connectivity index (χ4v) is 23.3. The summed E-state index contributed by atoms with van der Waals surface area (Å²) in [5.41, 5.74) is 28.1. The first-order valence-corrected chi connectivity index (χ1v) is 46.9. The van der Waals surface area contributed by atoms with Crippen LogP contribution in [0.25, 0.3) is 269 Å². The van der Waals surface area contributed by atoms with Gasteiger partial charge in [-0.05, 0) is 211 Å². The Labute approximate surface area is 782 Å². The Kier molecular flexibility index (Phi) is 17.1. The van der Waals surface area contributed by atoms with Crippen LogP contribution in [-0.4, -0.2) is 33.9 Å². The quantitative estimate of drug-likeness (QED) is 0.135. The van der Waals surface area contributed by atoms with Crippen LogP contribution in [0.3, 0.4) is 0 Å². The first kappa shape index (κ1) is 77.0. The second-order valence-electron chi connectivity index (χ2n) is 36.9. The van der Waals surface area contributed by atoms with Gasteiger partial charge >= 0.3 is 0 Å². The van der Waals surface area contributed by atoms with Gasteiger partial charge in [-0.15, -0.1) is 10.2 Å². The van der Waals surface area contributed by atoms with E-state index in [-0.39, 0.29) is 5.41 Å². The Bertz CT molecular complexity index is 9940. The Morgan fingerprint density at radius 1 is 0.199 bits per heavy atom. The van der Waals surface area contributed by atoms with Gasteiger partial charge in [0.2, 0.25) is 0 Å². The average Bonchev–Trinajstić information content (AvgIpc) is 1.63. The predicted octanol–water partition coefficient (Wildman–Crippen LogP) is 34.1. The van der Waals surface area contributed by atoms with E-state index in [1.54, 1.807) is 0 Å². The summed E-state index contributed by atoms with van der Waals surface area (Å²) in [6.45, 7) is 4.66. The Balaban J connectivity index is 0.000000135. The third-order valence-electron chi connectivity index (χ3n) is 29.3. The Morgan fingerprint density at radius 3 is 1.35 bits per heavy atom. The number of hydrogen-bond acceptors (Lipinski definition) is 4. The maximum absolute atomic E-state index is 5.58. The standard InChI is InChI=1S/C67H43N3.C62H38N4/c1-67(2)57-34-12-11-26-54(57)63-55(33-15-35-58(63)67)66-53-25-10-9-24-52(53)65(68-69-66)51-32-13-28-46-45(51)27-16-36-59(46)70-60-37-17-31-50(64(60)56-38-40-18-3-4-19-41(40)39-61(56)70)49-30-14-29-48-44-21-6-5-20-42(44)43-22-7-8-23-47(43)62(48)49;1-3-16-39(17-4-1)49-27-15-29-55-60(49)52-35-41-19-7-8-20-42(41)37-58(52)66(55)57-38-45(34-43-21-10-11-24-47(43)57)62-63-53-28-14-13-26-50(53)61(64-62)44-31-32-54-51(36-44)59-48-25-12-9-18-40(48)30-33-56(59)65(54)46-22-5-2-6-23-46/h3-39H,1-2H3;1-38H. The summed E-state index contributed by atoms with van der Waals surface area (Å²) in [5.74, 6) is 0.684. The van der Waals surface area contributed by atoms with Crippen molar-refractivity contribution in [2.75, 3.05) is 0 Å². The average molecular weight is 1730 g/mol. The van der Waals surface area contributed by atoms with Gasteiger partial charge in [0.1, 0.15) is 11.4 Å². The first-order chi connectivity index (χ1) is 67.3. The maximum Gasteiger partial charge on any atom is 0.160 e. The number of rotatable bonds is 9. The summed E-state index contributed by atoms with van der Waals surface area (Å²) < 4.78 is 7.37. The van der Waals surface area contributed by atoms with Gasteiger partial charge in [0, 0.05) is 92.6 Å². The highest BCUT2D eigenvalue weighted by molar-refractivity contribution is 6.31. The summed E-state index contributed by atoms with van der Waals surface area (Å²) in [6.07, 6.45) is 0. The molecular weight excluding hydrogens is 1650 g/mol. The zero-order valence-electron chi connectivity index (χ0n) is 74.4. The van der Waals surface area contributed by atoms with Gasteiger partial charge in [0.25, 0.3) is 0 Å². The topological polar surface area (TPSA) is 66.3 Å². The number of para-hydroxylation sites is 2. The second kappa shape index (κ2) is 30.1. The van der Waals surface area contributed by atoms with Crippen molar-refractivity contribution in [3.63, 3.8) is 0 Å². The summed E-state index contributed by atoms with van der Waals surface area (Å²) in [7, 11) is 0. The number of aromatic nitrogens is 7. The fourth-order valence-electron chi connectivity index (χ4n) is 23.3. The van der Waals surface area contributed by atoms with Gasteiger partial charge in [0.15, 0.2) is 5.82 Å². The molecule has 1 aliphatic rings. The Morgan fingerprint density at radius 2 is 0.654 bits per heavy atom. The monoisotopic (exact) mass is 1730 g/mol. The van der Waals surface area contributed by atoms with Gasteiger partial charge < -0.3 is 13.7 Å². The van der Waals surface area contributed by atoms with Crippen LogP contribution in [0.1, 0.15) is 25.0 Å². The number of benzene rings is 23. The highest BCUT2D eigenvalue weighted by Gasteiger charge is 2.38. The molecule has 0 aliphatic heterocycles. The molecule has 23 aromatic carbocycles. The molecule has 0 fully saturated rings. The first-order valence-electron chi connectivity index (χ1n) is 46.9. The van der Waals surface area contributed by atoms with Crippen LogP contribution in [0.5, 0.6) is 0 Å². The molecule has 632 valence electrons. The minimum atomic E-state index is -0.114. The molecule has 5 heterocycles. The molecule has 7 heteroatoms. The lowest BCUT2D eigenvalue weighted by Gasteiger charge is -2.21. The molecule has 0 unspecified atom stereocenters. The van der Waals surface area contributed by atoms with Gasteiger partial charge in [-0.3, -0.25) is 0 Å². The van der Waals surface area contributed by atoms with E-state index in [0.717, 1.165) is 122 Å². The molecule has 0 saturated carbocycles. The van der Waals surface area contributed by atoms with Crippen molar-refractivity contribution in [1.29, 1.82) is 0 Å². The minimum absolute atomic E-state index is 0.114. The van der Waals surface area contributed by atoms with E-state index in [0.29, 0.717) is 5.82 Å². The molecule has 0 bridgehead atoms. The molecule has 1 aliphatic carbocycles. The summed E-state index contributed by atoms with van der Waals surface area (Å²) in [4.78, 5) is 10.9. The van der Waals surface area contributed by atoms with Crippen LogP contribution in [0.4, 0.5) is 0 Å². The van der Waals surface area contributed by atoms with Crippen LogP contribution >= 0.6 is 0 Å². The summed E-state index contributed by atoms with van der Waals surface area (Å²) >= 11 is 0. The number of fused-ring (bicyclic) bond motifs is 26. The molecule has 29 rings (SSSR count). The van der Waals surface area contributed by atoms with Crippen molar-refractivity contribution in [2.24, 2.45) is 0 Å². The Hall–Kier alpha value is -17.8. The van der Waals surface area contributed by atoms with Crippen LogP contribution in [0.15, 0.2) is 455 Å². The highest BCUT2D eigenvalue weighted by atomic mass is 15.1. The maximum atomic E-state index is 5.58. The van der Waals surface area contributed by atoms with E-state index in [1.807, 2.05) is 0 Å². The third kappa shape index (κ3) is 11.6. The zero-order valence-corrected chi connectivity index (χ0v) is 74.4. The molecule has 136 heavy (non-hydrogen) atoms. The normalized spacial score (nSPS) is 12.5. The fraction of sp³-hybridized carbons (Fsp3) is 0.0233. The van der Waals surface area contributed by atoms with Crippen LogP contribution in [0.2, 0.25) is 0 Å². The van der Waals surface area contributed by atoms with E-state index in [1.165, 1.54) is 152 Å². The van der Waals surface area contributed by atoms with E-state index in [9.17, 15) is 0 Å².